The smallest absolute Gasteiger partial charge is 0.133 e. The van der Waals surface area contributed by atoms with Crippen molar-refractivity contribution in [3.8, 4) is 0 Å². The molecule has 0 amide bonds. The van der Waals surface area contributed by atoms with Crippen LogP contribution < -0.4 is 0 Å². The zero-order valence-corrected chi connectivity index (χ0v) is 10.1. The van der Waals surface area contributed by atoms with Crippen LogP contribution in [0.1, 0.15) is 41.5 Å². The van der Waals surface area contributed by atoms with Crippen LogP contribution in [0.5, 0.6) is 0 Å². The number of Topliss-reactive ketones (excluding diaryl/α,β-unsaturated/α-hetero) is 2. The van der Waals surface area contributed by atoms with Crippen LogP contribution in [0.3, 0.4) is 0 Å². The highest BCUT2D eigenvalue weighted by atomic mass is 16.1. The van der Waals surface area contributed by atoms with Crippen molar-refractivity contribution in [1.29, 1.82) is 0 Å². The lowest BCUT2D eigenvalue weighted by atomic mass is 9.73. The van der Waals surface area contributed by atoms with Gasteiger partial charge in [0.15, 0.2) is 0 Å². The van der Waals surface area contributed by atoms with E-state index >= 15 is 0 Å². The topological polar surface area (TPSA) is 34.1 Å². The van der Waals surface area contributed by atoms with Gasteiger partial charge < -0.3 is 0 Å². The predicted octanol–water partition coefficient (Wildman–Crippen LogP) is 2.71. The molecule has 0 aliphatic rings. The third-order valence-corrected chi connectivity index (χ3v) is 2.76. The van der Waals surface area contributed by atoms with Gasteiger partial charge in [-0.1, -0.05) is 27.7 Å². The molecule has 2 heteroatoms. The number of ketones is 2. The highest BCUT2D eigenvalue weighted by molar-refractivity contribution is 5.87. The van der Waals surface area contributed by atoms with E-state index in [1.165, 1.54) is 0 Å². The molecule has 0 heterocycles. The van der Waals surface area contributed by atoms with Crippen LogP contribution in [-0.4, -0.2) is 11.6 Å². The molecule has 0 saturated carbocycles. The van der Waals surface area contributed by atoms with Crippen molar-refractivity contribution in [3.05, 3.63) is 0 Å². The largest absolute Gasteiger partial charge is 0.300 e. The molecule has 0 aromatic rings. The van der Waals surface area contributed by atoms with E-state index in [1.54, 1.807) is 13.8 Å². The highest BCUT2D eigenvalue weighted by Gasteiger charge is 2.33. The van der Waals surface area contributed by atoms with Gasteiger partial charge >= 0.3 is 0 Å². The molecule has 0 bridgehead atoms. The van der Waals surface area contributed by atoms with Gasteiger partial charge in [0.1, 0.15) is 11.6 Å². The van der Waals surface area contributed by atoms with Crippen LogP contribution in [0.15, 0.2) is 0 Å². The maximum atomic E-state index is 11.5. The number of hydrogen-bond acceptors (Lipinski definition) is 2. The summed E-state index contributed by atoms with van der Waals surface area (Å²) in [6.07, 6.45) is 0. The van der Waals surface area contributed by atoms with Gasteiger partial charge in [0.2, 0.25) is 0 Å². The average molecular weight is 198 g/mol. The normalized spacial score (nSPS) is 15.7. The summed E-state index contributed by atoms with van der Waals surface area (Å²) in [6.45, 7) is 11.2. The molecule has 0 saturated heterocycles. The fraction of sp³-hybridized carbons (Fsp3) is 0.833. The van der Waals surface area contributed by atoms with Gasteiger partial charge in [0, 0.05) is 11.8 Å². The molecule has 0 N–H and O–H groups in total. The minimum absolute atomic E-state index is 0.118. The lowest BCUT2D eigenvalue weighted by Gasteiger charge is -2.29. The molecule has 0 radical (unpaired) electrons. The standard InChI is InChI=1S/C12H22O2/c1-7(2)11(9(5)13)12(8(3)4)10(6)14/h7-8,11-12H,1-6H3/t11-,12-/m0/s1. The Morgan fingerprint density at radius 3 is 1.00 bits per heavy atom. The highest BCUT2D eigenvalue weighted by Crippen LogP contribution is 2.28. The summed E-state index contributed by atoms with van der Waals surface area (Å²) < 4.78 is 0. The molecule has 0 unspecified atom stereocenters. The van der Waals surface area contributed by atoms with E-state index in [1.807, 2.05) is 27.7 Å². The number of rotatable bonds is 5. The zero-order chi connectivity index (χ0) is 11.5. The molecule has 0 aliphatic heterocycles. The number of carbonyl (C=O) groups excluding carboxylic acids is 2. The second kappa shape index (κ2) is 5.28. The van der Waals surface area contributed by atoms with Gasteiger partial charge in [-0.05, 0) is 25.7 Å². The molecule has 0 aromatic carbocycles. The van der Waals surface area contributed by atoms with Crippen molar-refractivity contribution in [2.24, 2.45) is 23.7 Å². The summed E-state index contributed by atoms with van der Waals surface area (Å²) in [6, 6.07) is 0. The first-order chi connectivity index (χ1) is 6.29. The van der Waals surface area contributed by atoms with Gasteiger partial charge in [-0.2, -0.15) is 0 Å². The first-order valence-electron chi connectivity index (χ1n) is 5.29. The van der Waals surface area contributed by atoms with E-state index in [0.29, 0.717) is 0 Å². The van der Waals surface area contributed by atoms with Crippen molar-refractivity contribution in [1.82, 2.24) is 0 Å². The molecule has 0 fully saturated rings. The van der Waals surface area contributed by atoms with Crippen LogP contribution in [0.2, 0.25) is 0 Å². The fourth-order valence-electron chi connectivity index (χ4n) is 2.27. The quantitative estimate of drug-likeness (QED) is 0.680. The Morgan fingerprint density at radius 1 is 0.714 bits per heavy atom. The monoisotopic (exact) mass is 198 g/mol. The summed E-state index contributed by atoms with van der Waals surface area (Å²) in [5, 5.41) is 0. The van der Waals surface area contributed by atoms with Crippen molar-refractivity contribution < 1.29 is 9.59 Å². The van der Waals surface area contributed by atoms with Gasteiger partial charge in [0.25, 0.3) is 0 Å². The predicted molar refractivity (Wildman–Crippen MR) is 58.0 cm³/mol. The first-order valence-corrected chi connectivity index (χ1v) is 5.29. The van der Waals surface area contributed by atoms with E-state index in [4.69, 9.17) is 0 Å². The van der Waals surface area contributed by atoms with Crippen molar-refractivity contribution in [2.75, 3.05) is 0 Å². The van der Waals surface area contributed by atoms with Crippen molar-refractivity contribution >= 4 is 11.6 Å². The lowest BCUT2D eigenvalue weighted by molar-refractivity contribution is -0.133. The molecular formula is C12H22O2. The summed E-state index contributed by atoms with van der Waals surface area (Å²) in [4.78, 5) is 23.0. The fourth-order valence-corrected chi connectivity index (χ4v) is 2.27. The van der Waals surface area contributed by atoms with E-state index in [2.05, 4.69) is 0 Å². The number of hydrogen-bond donors (Lipinski definition) is 0. The third-order valence-electron chi connectivity index (χ3n) is 2.76. The Morgan fingerprint density at radius 2 is 0.929 bits per heavy atom. The van der Waals surface area contributed by atoms with E-state index in [9.17, 15) is 9.59 Å². The van der Waals surface area contributed by atoms with Crippen LogP contribution >= 0.6 is 0 Å². The van der Waals surface area contributed by atoms with Gasteiger partial charge in [-0.15, -0.1) is 0 Å². The number of carbonyl (C=O) groups is 2. The Kier molecular flexibility index (Phi) is 5.03. The van der Waals surface area contributed by atoms with E-state index < -0.39 is 0 Å². The van der Waals surface area contributed by atoms with Crippen molar-refractivity contribution in [3.63, 3.8) is 0 Å². The SMILES string of the molecule is CC(=O)[C@H](C(C)C)[C@H](C(C)=O)C(C)C. The molecule has 14 heavy (non-hydrogen) atoms. The minimum atomic E-state index is -0.118. The first kappa shape index (κ1) is 13.3. The van der Waals surface area contributed by atoms with Gasteiger partial charge in [-0.25, -0.2) is 0 Å². The lowest BCUT2D eigenvalue weighted by Crippen LogP contribution is -2.34. The summed E-state index contributed by atoms with van der Waals surface area (Å²) in [7, 11) is 0. The maximum absolute atomic E-state index is 11.5. The molecule has 0 aliphatic carbocycles. The summed E-state index contributed by atoms with van der Waals surface area (Å²) >= 11 is 0. The van der Waals surface area contributed by atoms with E-state index in [-0.39, 0.29) is 35.2 Å². The van der Waals surface area contributed by atoms with Crippen LogP contribution in [-0.2, 0) is 9.59 Å². The van der Waals surface area contributed by atoms with Crippen LogP contribution in [0.25, 0.3) is 0 Å². The Balaban J connectivity index is 4.93. The molecule has 0 aromatic heterocycles. The summed E-state index contributed by atoms with van der Waals surface area (Å²) in [5.74, 6) is 0.510. The third kappa shape index (κ3) is 3.24. The van der Waals surface area contributed by atoms with Gasteiger partial charge in [0.05, 0.1) is 0 Å². The van der Waals surface area contributed by atoms with Gasteiger partial charge in [-0.3, -0.25) is 9.59 Å². The minimum Gasteiger partial charge on any atom is -0.300 e. The van der Waals surface area contributed by atoms with E-state index in [0.717, 1.165) is 0 Å². The van der Waals surface area contributed by atoms with Crippen molar-refractivity contribution in [2.45, 2.75) is 41.5 Å². The second-order valence-electron chi connectivity index (χ2n) is 4.76. The molecule has 82 valence electrons. The molecule has 2 atom stereocenters. The molecule has 0 rings (SSSR count). The van der Waals surface area contributed by atoms with Crippen LogP contribution in [0.4, 0.5) is 0 Å². The Bertz CT molecular complexity index is 192. The zero-order valence-electron chi connectivity index (χ0n) is 10.1. The molecule has 0 spiro atoms. The second-order valence-corrected chi connectivity index (χ2v) is 4.76. The Hall–Kier alpha value is -0.660. The molecular weight excluding hydrogens is 176 g/mol. The Labute approximate surface area is 87.1 Å². The summed E-state index contributed by atoms with van der Waals surface area (Å²) in [5.41, 5.74) is 0. The maximum Gasteiger partial charge on any atom is 0.133 e. The molecule has 2 nitrogen and oxygen atoms in total. The average Bonchev–Trinajstić information content (AvgIpc) is 1.96. The van der Waals surface area contributed by atoms with Crippen LogP contribution in [0, 0.1) is 23.7 Å².